The van der Waals surface area contributed by atoms with Crippen molar-refractivity contribution in [3.63, 3.8) is 0 Å². The van der Waals surface area contributed by atoms with Crippen molar-refractivity contribution in [3.05, 3.63) is 41.6 Å². The van der Waals surface area contributed by atoms with Gasteiger partial charge in [-0.25, -0.2) is 4.79 Å². The van der Waals surface area contributed by atoms with E-state index in [9.17, 15) is 4.79 Å². The number of carbonyl (C=O) groups excluding carboxylic acids is 1. The number of rotatable bonds is 5. The summed E-state index contributed by atoms with van der Waals surface area (Å²) in [4.78, 5) is 14.1. The molecule has 2 unspecified atom stereocenters. The largest absolute Gasteiger partial charge is 0.444 e. The zero-order chi connectivity index (χ0) is 19.3. The summed E-state index contributed by atoms with van der Waals surface area (Å²) in [7, 11) is 1.79. The second-order valence-electron chi connectivity index (χ2n) is 7.52. The van der Waals surface area contributed by atoms with Gasteiger partial charge >= 0.3 is 6.09 Å². The molecular formula is C21H29N3O2. The first-order valence-electron chi connectivity index (χ1n) is 9.00. The minimum atomic E-state index is -0.513. The van der Waals surface area contributed by atoms with Crippen LogP contribution >= 0.6 is 0 Å². The maximum atomic E-state index is 12.5. The summed E-state index contributed by atoms with van der Waals surface area (Å²) in [5.74, 6) is 2.62. The van der Waals surface area contributed by atoms with E-state index in [0.717, 1.165) is 29.7 Å². The first-order valence-corrected chi connectivity index (χ1v) is 9.00. The van der Waals surface area contributed by atoms with E-state index >= 15 is 0 Å². The predicted octanol–water partition coefficient (Wildman–Crippen LogP) is 3.52. The fourth-order valence-corrected chi connectivity index (χ4v) is 2.89. The Balaban J connectivity index is 2.07. The second-order valence-corrected chi connectivity index (χ2v) is 7.52. The number of nitrogens with one attached hydrogen (secondary N) is 2. The number of hydrogen-bond acceptors (Lipinski definition) is 4. The van der Waals surface area contributed by atoms with E-state index in [-0.39, 0.29) is 18.3 Å². The van der Waals surface area contributed by atoms with Crippen molar-refractivity contribution < 1.29 is 9.53 Å². The molecule has 1 aromatic rings. The third-order valence-electron chi connectivity index (χ3n) is 4.23. The summed E-state index contributed by atoms with van der Waals surface area (Å²) >= 11 is 0. The molecule has 1 amide bonds. The molecule has 0 spiro atoms. The fourth-order valence-electron chi connectivity index (χ4n) is 2.89. The third kappa shape index (κ3) is 4.95. The quantitative estimate of drug-likeness (QED) is 0.794. The molecular weight excluding hydrogens is 326 g/mol. The van der Waals surface area contributed by atoms with Crippen LogP contribution in [0.5, 0.6) is 0 Å². The molecule has 0 saturated carbocycles. The minimum absolute atomic E-state index is 0.0337. The van der Waals surface area contributed by atoms with Crippen molar-refractivity contribution in [3.8, 4) is 12.3 Å². The van der Waals surface area contributed by atoms with Crippen LogP contribution in [-0.2, 0) is 4.74 Å². The van der Waals surface area contributed by atoms with Gasteiger partial charge in [-0.15, -0.1) is 6.42 Å². The number of hydrogen-bond donors (Lipinski definition) is 2. The molecule has 1 aliphatic heterocycles. The molecule has 0 radical (unpaired) electrons. The highest BCUT2D eigenvalue weighted by atomic mass is 16.6. The maximum absolute atomic E-state index is 12.5. The summed E-state index contributed by atoms with van der Waals surface area (Å²) in [6, 6.07) is 7.78. The highest BCUT2D eigenvalue weighted by Crippen LogP contribution is 2.21. The fraction of sp³-hybridized carbons (Fsp3) is 0.476. The monoisotopic (exact) mass is 355 g/mol. The third-order valence-corrected chi connectivity index (χ3v) is 4.23. The molecule has 0 aliphatic carbocycles. The Bertz CT molecular complexity index is 695. The van der Waals surface area contributed by atoms with Gasteiger partial charge in [-0.2, -0.15) is 0 Å². The van der Waals surface area contributed by atoms with Crippen LogP contribution in [0, 0.1) is 12.3 Å². The first-order chi connectivity index (χ1) is 12.2. The molecule has 26 heavy (non-hydrogen) atoms. The summed E-state index contributed by atoms with van der Waals surface area (Å²) in [6.07, 6.45) is 8.79. The topological polar surface area (TPSA) is 53.6 Å². The summed E-state index contributed by atoms with van der Waals surface area (Å²) in [5, 5.41) is 6.83. The van der Waals surface area contributed by atoms with Gasteiger partial charge in [-0.1, -0.05) is 31.4 Å². The van der Waals surface area contributed by atoms with Crippen molar-refractivity contribution in [2.45, 2.75) is 58.3 Å². The SMILES string of the molecule is C#Cc1ccc(C2=CNC(C(CCC)N(C)C(=O)OC(C)(C)C)N2)cc1. The average molecular weight is 355 g/mol. The van der Waals surface area contributed by atoms with Crippen LogP contribution in [0.4, 0.5) is 4.79 Å². The Morgan fingerprint density at radius 2 is 2.00 bits per heavy atom. The van der Waals surface area contributed by atoms with Gasteiger partial charge in [0.15, 0.2) is 0 Å². The van der Waals surface area contributed by atoms with Crippen LogP contribution in [0.2, 0.25) is 0 Å². The van der Waals surface area contributed by atoms with Gasteiger partial charge in [-0.05, 0) is 44.9 Å². The molecule has 0 aromatic heterocycles. The van der Waals surface area contributed by atoms with Crippen molar-refractivity contribution >= 4 is 11.8 Å². The molecule has 140 valence electrons. The number of terminal acetylenes is 1. The highest BCUT2D eigenvalue weighted by molar-refractivity contribution is 5.69. The Kier molecular flexibility index (Phi) is 6.20. The first kappa shape index (κ1) is 19.7. The number of amides is 1. The van der Waals surface area contributed by atoms with E-state index in [2.05, 4.69) is 23.5 Å². The van der Waals surface area contributed by atoms with Gasteiger partial charge in [0.05, 0.1) is 11.7 Å². The molecule has 0 fully saturated rings. The molecule has 2 N–H and O–H groups in total. The summed E-state index contributed by atoms with van der Waals surface area (Å²) in [5.41, 5.74) is 2.37. The van der Waals surface area contributed by atoms with Gasteiger partial charge in [0.2, 0.25) is 0 Å². The van der Waals surface area contributed by atoms with E-state index in [1.54, 1.807) is 11.9 Å². The van der Waals surface area contributed by atoms with Crippen LogP contribution in [0.1, 0.15) is 51.7 Å². The van der Waals surface area contributed by atoms with Gasteiger partial charge in [0, 0.05) is 18.8 Å². The van der Waals surface area contributed by atoms with Gasteiger partial charge in [0.25, 0.3) is 0 Å². The van der Waals surface area contributed by atoms with E-state index < -0.39 is 5.60 Å². The predicted molar refractivity (Wildman–Crippen MR) is 105 cm³/mol. The number of benzene rings is 1. The lowest BCUT2D eigenvalue weighted by Gasteiger charge is -2.34. The van der Waals surface area contributed by atoms with Crippen molar-refractivity contribution in [1.82, 2.24) is 15.5 Å². The number of ether oxygens (including phenoxy) is 1. The van der Waals surface area contributed by atoms with Crippen molar-refractivity contribution in [2.75, 3.05) is 7.05 Å². The summed E-state index contributed by atoms with van der Waals surface area (Å²) < 4.78 is 5.52. The molecule has 2 atom stereocenters. The lowest BCUT2D eigenvalue weighted by atomic mass is 10.1. The molecule has 0 bridgehead atoms. The Morgan fingerprint density at radius 3 is 2.54 bits per heavy atom. The number of carbonyl (C=O) groups is 1. The highest BCUT2D eigenvalue weighted by Gasteiger charge is 2.32. The Hall–Kier alpha value is -2.61. The molecule has 0 saturated heterocycles. The zero-order valence-electron chi connectivity index (χ0n) is 16.3. The van der Waals surface area contributed by atoms with Gasteiger partial charge in [-0.3, -0.25) is 0 Å². The minimum Gasteiger partial charge on any atom is -0.444 e. The molecule has 2 rings (SSSR count). The van der Waals surface area contributed by atoms with Crippen LogP contribution in [0.15, 0.2) is 30.5 Å². The van der Waals surface area contributed by atoms with E-state index in [1.165, 1.54) is 0 Å². The molecule has 5 heteroatoms. The van der Waals surface area contributed by atoms with Crippen LogP contribution < -0.4 is 10.6 Å². The Morgan fingerprint density at radius 1 is 1.35 bits per heavy atom. The van der Waals surface area contributed by atoms with Gasteiger partial charge < -0.3 is 20.3 Å². The lowest BCUT2D eigenvalue weighted by molar-refractivity contribution is 0.0177. The van der Waals surface area contributed by atoms with E-state index in [1.807, 2.05) is 51.2 Å². The maximum Gasteiger partial charge on any atom is 0.410 e. The number of likely N-dealkylation sites (N-methyl/N-ethyl adjacent to an activating group) is 1. The summed E-state index contributed by atoms with van der Waals surface area (Å²) in [6.45, 7) is 7.73. The zero-order valence-corrected chi connectivity index (χ0v) is 16.3. The van der Waals surface area contributed by atoms with Crippen molar-refractivity contribution in [2.24, 2.45) is 0 Å². The molecule has 1 aliphatic rings. The van der Waals surface area contributed by atoms with Crippen LogP contribution in [0.25, 0.3) is 5.70 Å². The second kappa shape index (κ2) is 8.18. The smallest absolute Gasteiger partial charge is 0.410 e. The van der Waals surface area contributed by atoms with Crippen LogP contribution in [0.3, 0.4) is 0 Å². The Labute approximate surface area is 156 Å². The van der Waals surface area contributed by atoms with E-state index in [4.69, 9.17) is 11.2 Å². The molecule has 1 heterocycles. The van der Waals surface area contributed by atoms with Gasteiger partial charge in [0.1, 0.15) is 11.8 Å². The molecule has 5 nitrogen and oxygen atoms in total. The average Bonchev–Trinajstić information content (AvgIpc) is 3.07. The molecule has 1 aromatic carbocycles. The number of nitrogens with zero attached hydrogens (tertiary/aromatic N) is 1. The normalized spacial score (nSPS) is 17.4. The lowest BCUT2D eigenvalue weighted by Crippen LogP contribution is -2.54. The standard InChI is InChI=1S/C21H29N3O2/c1-7-9-18(24(6)20(25)26-21(3,4)5)19-22-14-17(23-19)16-12-10-15(8-2)11-13-16/h2,10-14,18-19,22-23H,7,9H2,1,3-6H3. The van der Waals surface area contributed by atoms with E-state index in [0.29, 0.717) is 0 Å². The van der Waals surface area contributed by atoms with Crippen molar-refractivity contribution in [1.29, 1.82) is 0 Å². The van der Waals surface area contributed by atoms with Crippen LogP contribution in [-0.4, -0.2) is 35.8 Å².